The number of hydrogen-bond donors (Lipinski definition) is 1. The fraction of sp³-hybridized carbons (Fsp3) is 0.136. The average Bonchev–Trinajstić information content (AvgIpc) is 3.36. The van der Waals surface area contributed by atoms with Crippen molar-refractivity contribution in [2.75, 3.05) is 7.11 Å². The molecule has 0 spiro atoms. The van der Waals surface area contributed by atoms with Gasteiger partial charge in [0.25, 0.3) is 11.7 Å². The molecular formula is C22H17FN2O5. The molecule has 1 saturated heterocycles. The van der Waals surface area contributed by atoms with E-state index in [9.17, 15) is 19.1 Å². The number of halogens is 1. The number of aromatic nitrogens is 1. The third kappa shape index (κ3) is 3.32. The number of hydrogen-bond acceptors (Lipinski definition) is 6. The molecule has 8 heteroatoms. The van der Waals surface area contributed by atoms with Crippen molar-refractivity contribution < 1.29 is 28.2 Å². The number of nitrogens with zero attached hydrogens (tertiary/aromatic N) is 2. The molecule has 1 unspecified atom stereocenters. The van der Waals surface area contributed by atoms with E-state index in [0.717, 1.165) is 6.07 Å². The van der Waals surface area contributed by atoms with Crippen LogP contribution in [0.2, 0.25) is 0 Å². The first-order chi connectivity index (χ1) is 14.5. The van der Waals surface area contributed by atoms with Gasteiger partial charge in [0.15, 0.2) is 11.6 Å². The first-order valence-electron chi connectivity index (χ1n) is 9.06. The highest BCUT2D eigenvalue weighted by molar-refractivity contribution is 6.46. The van der Waals surface area contributed by atoms with Crippen LogP contribution in [-0.4, -0.2) is 33.8 Å². The Bertz CT molecular complexity index is 1130. The maximum atomic E-state index is 14.2. The van der Waals surface area contributed by atoms with Gasteiger partial charge in [0, 0.05) is 18.0 Å². The second kappa shape index (κ2) is 7.82. The molecule has 4 rings (SSSR count). The van der Waals surface area contributed by atoms with Gasteiger partial charge < -0.3 is 19.2 Å². The first-order valence-corrected chi connectivity index (χ1v) is 9.06. The third-order valence-electron chi connectivity index (χ3n) is 4.87. The summed E-state index contributed by atoms with van der Waals surface area (Å²) in [7, 11) is 1.32. The van der Waals surface area contributed by atoms with Crippen LogP contribution in [0.5, 0.6) is 5.75 Å². The Morgan fingerprint density at radius 1 is 1.27 bits per heavy atom. The first kappa shape index (κ1) is 19.4. The minimum absolute atomic E-state index is 0.00590. The van der Waals surface area contributed by atoms with Crippen LogP contribution in [0.1, 0.15) is 22.9 Å². The summed E-state index contributed by atoms with van der Waals surface area (Å²) in [4.78, 5) is 31.0. The van der Waals surface area contributed by atoms with E-state index in [1.165, 1.54) is 36.6 Å². The zero-order valence-corrected chi connectivity index (χ0v) is 15.9. The normalized spacial score (nSPS) is 18.1. The smallest absolute Gasteiger partial charge is 0.296 e. The highest BCUT2D eigenvalue weighted by Crippen LogP contribution is 2.40. The molecule has 0 bridgehead atoms. The number of amides is 1. The van der Waals surface area contributed by atoms with Crippen LogP contribution in [0.15, 0.2) is 71.1 Å². The fourth-order valence-electron chi connectivity index (χ4n) is 3.47. The van der Waals surface area contributed by atoms with Gasteiger partial charge in [-0.1, -0.05) is 6.07 Å². The summed E-state index contributed by atoms with van der Waals surface area (Å²) >= 11 is 0. The Kier molecular flexibility index (Phi) is 5.05. The van der Waals surface area contributed by atoms with Gasteiger partial charge in [-0.2, -0.15) is 0 Å². The van der Waals surface area contributed by atoms with Gasteiger partial charge in [0.1, 0.15) is 11.5 Å². The number of likely N-dealkylation sites (tertiary alicyclic amines) is 1. The van der Waals surface area contributed by atoms with Crippen molar-refractivity contribution in [3.8, 4) is 5.75 Å². The third-order valence-corrected chi connectivity index (χ3v) is 4.87. The second-order valence-electron chi connectivity index (χ2n) is 6.64. The minimum Gasteiger partial charge on any atom is -0.507 e. The van der Waals surface area contributed by atoms with Crippen LogP contribution in [0, 0.1) is 5.82 Å². The Labute approximate surface area is 171 Å². The fourth-order valence-corrected chi connectivity index (χ4v) is 3.47. The number of methoxy groups -OCH3 is 1. The molecule has 0 radical (unpaired) electrons. The van der Waals surface area contributed by atoms with Gasteiger partial charge >= 0.3 is 0 Å². The maximum Gasteiger partial charge on any atom is 0.296 e. The summed E-state index contributed by atoms with van der Waals surface area (Å²) in [6, 6.07) is 9.60. The van der Waals surface area contributed by atoms with Crippen molar-refractivity contribution in [2.24, 2.45) is 0 Å². The number of carbonyl (C=O) groups is 2. The topological polar surface area (TPSA) is 92.9 Å². The van der Waals surface area contributed by atoms with Crippen molar-refractivity contribution in [3.63, 3.8) is 0 Å². The van der Waals surface area contributed by atoms with Crippen LogP contribution >= 0.6 is 0 Å². The average molecular weight is 408 g/mol. The Morgan fingerprint density at radius 2 is 2.10 bits per heavy atom. The van der Waals surface area contributed by atoms with E-state index in [4.69, 9.17) is 9.15 Å². The van der Waals surface area contributed by atoms with Gasteiger partial charge in [-0.25, -0.2) is 4.39 Å². The van der Waals surface area contributed by atoms with Gasteiger partial charge in [-0.15, -0.1) is 0 Å². The van der Waals surface area contributed by atoms with Crippen molar-refractivity contribution in [2.45, 2.75) is 12.6 Å². The van der Waals surface area contributed by atoms with Gasteiger partial charge in [-0.3, -0.25) is 14.6 Å². The lowest BCUT2D eigenvalue weighted by Crippen LogP contribution is -2.29. The molecule has 1 amide bonds. The van der Waals surface area contributed by atoms with E-state index in [-0.39, 0.29) is 23.4 Å². The molecule has 2 aromatic heterocycles. The quantitative estimate of drug-likeness (QED) is 0.395. The van der Waals surface area contributed by atoms with Crippen molar-refractivity contribution in [1.29, 1.82) is 0 Å². The SMILES string of the molecule is COc1ccc(C(O)=C2C(=O)C(=O)N(Cc3ccco3)C2c2cccnc2)cc1F. The molecule has 7 nitrogen and oxygen atoms in total. The van der Waals surface area contributed by atoms with E-state index in [1.807, 2.05) is 0 Å². The van der Waals surface area contributed by atoms with Crippen LogP contribution in [-0.2, 0) is 16.1 Å². The number of rotatable bonds is 5. The number of ether oxygens (including phenoxy) is 1. The summed E-state index contributed by atoms with van der Waals surface area (Å²) < 4.78 is 24.4. The summed E-state index contributed by atoms with van der Waals surface area (Å²) in [5.74, 6) is -2.38. The van der Waals surface area contributed by atoms with Gasteiger partial charge in [-0.05, 0) is 42.0 Å². The van der Waals surface area contributed by atoms with E-state index >= 15 is 0 Å². The summed E-state index contributed by atoms with van der Waals surface area (Å²) in [5, 5.41) is 10.9. The molecule has 3 aromatic rings. The number of aliphatic hydroxyl groups excluding tert-OH is 1. The van der Waals surface area contributed by atoms with Crippen molar-refractivity contribution in [1.82, 2.24) is 9.88 Å². The number of Topliss-reactive ketones (excluding diaryl/α,β-unsaturated/α-hetero) is 1. The molecule has 1 aliphatic rings. The second-order valence-corrected chi connectivity index (χ2v) is 6.64. The van der Waals surface area contributed by atoms with Crippen molar-refractivity contribution >= 4 is 17.4 Å². The number of aliphatic hydroxyl groups is 1. The highest BCUT2D eigenvalue weighted by Gasteiger charge is 2.46. The van der Waals surface area contributed by atoms with Gasteiger partial charge in [0.2, 0.25) is 0 Å². The lowest BCUT2D eigenvalue weighted by Gasteiger charge is -2.24. The predicted molar refractivity (Wildman–Crippen MR) is 104 cm³/mol. The standard InChI is InChI=1S/C22H17FN2O5/c1-29-17-7-6-13(10-16(17)23)20(26)18-19(14-4-2-8-24-11-14)25(22(28)21(18)27)12-15-5-3-9-30-15/h2-11,19,26H,12H2,1H3. The Balaban J connectivity index is 1.85. The number of furan rings is 1. The molecule has 1 aromatic carbocycles. The molecule has 1 aliphatic heterocycles. The number of carbonyl (C=O) groups excluding carboxylic acids is 2. The number of ketones is 1. The molecular weight excluding hydrogens is 391 g/mol. The summed E-state index contributed by atoms with van der Waals surface area (Å²) in [5.41, 5.74) is 0.432. The molecule has 0 saturated carbocycles. The Hall–Kier alpha value is -3.94. The minimum atomic E-state index is -0.908. The molecule has 30 heavy (non-hydrogen) atoms. The monoisotopic (exact) mass is 408 g/mol. The molecule has 1 fully saturated rings. The zero-order valence-electron chi connectivity index (χ0n) is 15.9. The summed E-state index contributed by atoms with van der Waals surface area (Å²) in [6.45, 7) is 0.0187. The molecule has 1 N–H and O–H groups in total. The van der Waals surface area contributed by atoms with Crippen LogP contribution in [0.3, 0.4) is 0 Å². The molecule has 1 atom stereocenters. The predicted octanol–water partition coefficient (Wildman–Crippen LogP) is 3.44. The van der Waals surface area contributed by atoms with E-state index in [1.54, 1.807) is 30.5 Å². The summed E-state index contributed by atoms with van der Waals surface area (Å²) in [6.07, 6.45) is 4.53. The molecule has 152 valence electrons. The number of pyridine rings is 1. The zero-order chi connectivity index (χ0) is 21.3. The lowest BCUT2D eigenvalue weighted by molar-refractivity contribution is -0.140. The largest absolute Gasteiger partial charge is 0.507 e. The van der Waals surface area contributed by atoms with Crippen LogP contribution in [0.25, 0.3) is 5.76 Å². The van der Waals surface area contributed by atoms with E-state index in [0.29, 0.717) is 11.3 Å². The van der Waals surface area contributed by atoms with Gasteiger partial charge in [0.05, 0.1) is 31.5 Å². The van der Waals surface area contributed by atoms with Crippen molar-refractivity contribution in [3.05, 3.63) is 89.4 Å². The molecule has 0 aliphatic carbocycles. The highest BCUT2D eigenvalue weighted by atomic mass is 19.1. The Morgan fingerprint density at radius 3 is 2.73 bits per heavy atom. The molecule has 3 heterocycles. The van der Waals surface area contributed by atoms with Crippen LogP contribution in [0.4, 0.5) is 4.39 Å². The van der Waals surface area contributed by atoms with E-state index < -0.39 is 29.3 Å². The lowest BCUT2D eigenvalue weighted by atomic mass is 9.96. The maximum absolute atomic E-state index is 14.2. The van der Waals surface area contributed by atoms with E-state index in [2.05, 4.69) is 4.98 Å². The number of benzene rings is 1. The van der Waals surface area contributed by atoms with Crippen LogP contribution < -0.4 is 4.74 Å².